The zero-order valence-corrected chi connectivity index (χ0v) is 19.7. The Morgan fingerprint density at radius 3 is 2.44 bits per heavy atom. The minimum atomic E-state index is -4.00. The molecule has 34 heavy (non-hydrogen) atoms. The number of ether oxygens (including phenoxy) is 2. The van der Waals surface area contributed by atoms with Gasteiger partial charge in [-0.1, -0.05) is 18.2 Å². The van der Waals surface area contributed by atoms with Crippen molar-refractivity contribution >= 4 is 27.8 Å². The lowest BCUT2D eigenvalue weighted by Crippen LogP contribution is -2.39. The average molecular weight is 483 g/mol. The van der Waals surface area contributed by atoms with Gasteiger partial charge in [0.1, 0.15) is 6.54 Å². The number of hydrogen-bond donors (Lipinski definition) is 1. The van der Waals surface area contributed by atoms with E-state index in [4.69, 9.17) is 9.47 Å². The maximum absolute atomic E-state index is 13.2. The number of anilines is 1. The van der Waals surface area contributed by atoms with Gasteiger partial charge >= 0.3 is 0 Å². The highest BCUT2D eigenvalue weighted by atomic mass is 32.2. The molecule has 0 unspecified atom stereocenters. The summed E-state index contributed by atoms with van der Waals surface area (Å²) in [6.07, 6.45) is 4.34. The quantitative estimate of drug-likeness (QED) is 0.332. The lowest BCUT2D eigenvalue weighted by molar-refractivity contribution is -0.119. The number of hydrazone groups is 1. The summed E-state index contributed by atoms with van der Waals surface area (Å²) >= 11 is 0. The highest BCUT2D eigenvalue weighted by molar-refractivity contribution is 7.92. The Hall–Kier alpha value is -3.92. The first-order valence-electron chi connectivity index (χ1n) is 10.6. The first-order valence-corrected chi connectivity index (χ1v) is 12.1. The molecule has 1 aromatic heterocycles. The Labute approximate surface area is 199 Å². The van der Waals surface area contributed by atoms with Crippen molar-refractivity contribution in [2.24, 2.45) is 5.10 Å². The van der Waals surface area contributed by atoms with E-state index in [9.17, 15) is 13.2 Å². The van der Waals surface area contributed by atoms with Crippen LogP contribution in [-0.2, 0) is 14.8 Å². The first kappa shape index (κ1) is 24.7. The molecule has 2 aromatic carbocycles. The molecular formula is C24H26N4O5S. The van der Waals surface area contributed by atoms with Crippen molar-refractivity contribution in [3.63, 3.8) is 0 Å². The maximum Gasteiger partial charge on any atom is 0.264 e. The van der Waals surface area contributed by atoms with Gasteiger partial charge in [-0.05, 0) is 61.9 Å². The van der Waals surface area contributed by atoms with Gasteiger partial charge in [-0.3, -0.25) is 14.1 Å². The van der Waals surface area contributed by atoms with Crippen LogP contribution in [0.4, 0.5) is 5.69 Å². The predicted molar refractivity (Wildman–Crippen MR) is 130 cm³/mol. The molecule has 10 heteroatoms. The van der Waals surface area contributed by atoms with E-state index in [1.807, 2.05) is 13.8 Å². The molecule has 1 heterocycles. The second-order valence-corrected chi connectivity index (χ2v) is 8.76. The Morgan fingerprint density at radius 1 is 1.03 bits per heavy atom. The molecule has 0 bridgehead atoms. The molecule has 9 nitrogen and oxygen atoms in total. The van der Waals surface area contributed by atoms with E-state index in [0.717, 1.165) is 4.31 Å². The van der Waals surface area contributed by atoms with Crippen LogP contribution >= 0.6 is 0 Å². The molecule has 0 saturated carbocycles. The number of amides is 1. The number of carbonyl (C=O) groups excluding carboxylic acids is 1. The van der Waals surface area contributed by atoms with E-state index >= 15 is 0 Å². The predicted octanol–water partition coefficient (Wildman–Crippen LogP) is 3.22. The lowest BCUT2D eigenvalue weighted by Gasteiger charge is -2.23. The SMILES string of the molecule is CCOc1ccc(/C=N\NC(=O)CN(c2cccnc2)S(=O)(=O)c2ccccc2)cc1OCC. The van der Waals surface area contributed by atoms with E-state index in [-0.39, 0.29) is 10.6 Å². The summed E-state index contributed by atoms with van der Waals surface area (Å²) < 4.78 is 38.5. The van der Waals surface area contributed by atoms with Crippen LogP contribution in [-0.4, -0.2) is 45.3 Å². The van der Waals surface area contributed by atoms with Crippen LogP contribution < -0.4 is 19.2 Å². The molecular weight excluding hydrogens is 456 g/mol. The van der Waals surface area contributed by atoms with Crippen LogP contribution in [0.3, 0.4) is 0 Å². The Morgan fingerprint density at radius 2 is 1.76 bits per heavy atom. The Balaban J connectivity index is 1.75. The van der Waals surface area contributed by atoms with Crippen LogP contribution in [0.25, 0.3) is 0 Å². The molecule has 1 amide bonds. The topological polar surface area (TPSA) is 110 Å². The van der Waals surface area contributed by atoms with Gasteiger partial charge in [-0.2, -0.15) is 5.10 Å². The monoisotopic (exact) mass is 482 g/mol. The summed E-state index contributed by atoms with van der Waals surface area (Å²) in [5.41, 5.74) is 3.31. The number of nitrogens with one attached hydrogen (secondary N) is 1. The van der Waals surface area contributed by atoms with E-state index in [2.05, 4.69) is 15.5 Å². The molecule has 0 aliphatic rings. The van der Waals surface area contributed by atoms with Crippen LogP contribution in [0.5, 0.6) is 11.5 Å². The van der Waals surface area contributed by atoms with Gasteiger partial charge in [0, 0.05) is 6.20 Å². The van der Waals surface area contributed by atoms with Crippen molar-refractivity contribution < 1.29 is 22.7 Å². The van der Waals surface area contributed by atoms with Gasteiger partial charge < -0.3 is 9.47 Å². The van der Waals surface area contributed by atoms with Crippen molar-refractivity contribution in [3.8, 4) is 11.5 Å². The van der Waals surface area contributed by atoms with Crippen molar-refractivity contribution in [2.45, 2.75) is 18.7 Å². The molecule has 0 fully saturated rings. The number of nitrogens with zero attached hydrogens (tertiary/aromatic N) is 3. The fourth-order valence-electron chi connectivity index (χ4n) is 3.03. The number of sulfonamides is 1. The molecule has 0 aliphatic heterocycles. The third kappa shape index (κ3) is 6.32. The van der Waals surface area contributed by atoms with E-state index < -0.39 is 22.5 Å². The molecule has 1 N–H and O–H groups in total. The second-order valence-electron chi connectivity index (χ2n) is 6.90. The minimum Gasteiger partial charge on any atom is -0.490 e. The second kappa shape index (κ2) is 11.8. The third-order valence-electron chi connectivity index (χ3n) is 4.52. The fourth-order valence-corrected chi connectivity index (χ4v) is 4.46. The van der Waals surface area contributed by atoms with Crippen LogP contribution in [0.1, 0.15) is 19.4 Å². The molecule has 0 saturated heterocycles. The van der Waals surface area contributed by atoms with E-state index in [0.29, 0.717) is 30.3 Å². The van der Waals surface area contributed by atoms with E-state index in [1.165, 1.54) is 30.7 Å². The lowest BCUT2D eigenvalue weighted by atomic mass is 10.2. The first-order chi connectivity index (χ1) is 16.5. The van der Waals surface area contributed by atoms with Crippen LogP contribution in [0.2, 0.25) is 0 Å². The van der Waals surface area contributed by atoms with Gasteiger partial charge in [0.05, 0.1) is 36.2 Å². The van der Waals surface area contributed by atoms with Gasteiger partial charge in [0.2, 0.25) is 0 Å². The number of benzene rings is 2. The average Bonchev–Trinajstić information content (AvgIpc) is 2.85. The van der Waals surface area contributed by atoms with Gasteiger partial charge in [-0.15, -0.1) is 0 Å². The molecule has 3 rings (SSSR count). The molecule has 0 spiro atoms. The Kier molecular flexibility index (Phi) is 8.58. The van der Waals surface area contributed by atoms with Crippen molar-refractivity contribution in [1.82, 2.24) is 10.4 Å². The molecule has 0 aliphatic carbocycles. The van der Waals surface area contributed by atoms with Crippen LogP contribution in [0, 0.1) is 0 Å². The largest absolute Gasteiger partial charge is 0.490 e. The summed E-state index contributed by atoms with van der Waals surface area (Å²) in [4.78, 5) is 16.6. The summed E-state index contributed by atoms with van der Waals surface area (Å²) in [5, 5.41) is 3.96. The molecule has 0 atom stereocenters. The van der Waals surface area contributed by atoms with Crippen LogP contribution in [0.15, 0.2) is 83.1 Å². The highest BCUT2D eigenvalue weighted by Crippen LogP contribution is 2.28. The third-order valence-corrected chi connectivity index (χ3v) is 6.31. The number of aromatic nitrogens is 1. The Bertz CT molecular complexity index is 1220. The minimum absolute atomic E-state index is 0.0630. The van der Waals surface area contributed by atoms with Gasteiger partial charge in [0.25, 0.3) is 15.9 Å². The highest BCUT2D eigenvalue weighted by Gasteiger charge is 2.27. The summed E-state index contributed by atoms with van der Waals surface area (Å²) in [6, 6.07) is 16.3. The number of pyridine rings is 1. The number of hydrogen-bond acceptors (Lipinski definition) is 7. The maximum atomic E-state index is 13.2. The van der Waals surface area contributed by atoms with Crippen molar-refractivity contribution in [2.75, 3.05) is 24.1 Å². The fraction of sp³-hybridized carbons (Fsp3) is 0.208. The van der Waals surface area contributed by atoms with Gasteiger partial charge in [-0.25, -0.2) is 13.8 Å². The summed E-state index contributed by atoms with van der Waals surface area (Å²) in [6.45, 7) is 4.25. The molecule has 178 valence electrons. The number of carbonyl (C=O) groups is 1. The summed E-state index contributed by atoms with van der Waals surface area (Å²) in [5.74, 6) is 0.565. The zero-order valence-electron chi connectivity index (χ0n) is 18.9. The standard InChI is InChI=1S/C24H26N4O5S/c1-3-32-22-13-12-19(15-23(22)33-4-2)16-26-27-24(29)18-28(20-9-8-14-25-17-20)34(30,31)21-10-6-5-7-11-21/h5-17H,3-4,18H2,1-2H3,(H,27,29)/b26-16-. The molecule has 0 radical (unpaired) electrons. The van der Waals surface area contributed by atoms with Gasteiger partial charge in [0.15, 0.2) is 11.5 Å². The molecule has 3 aromatic rings. The van der Waals surface area contributed by atoms with Crippen molar-refractivity contribution in [3.05, 3.63) is 78.6 Å². The number of rotatable bonds is 11. The smallest absolute Gasteiger partial charge is 0.264 e. The van der Waals surface area contributed by atoms with Crippen molar-refractivity contribution in [1.29, 1.82) is 0 Å². The summed E-state index contributed by atoms with van der Waals surface area (Å²) in [7, 11) is -4.00. The zero-order chi connectivity index (χ0) is 24.4. The van der Waals surface area contributed by atoms with E-state index in [1.54, 1.807) is 48.5 Å². The normalized spacial score (nSPS) is 11.2.